The summed E-state index contributed by atoms with van der Waals surface area (Å²) in [5.41, 5.74) is 1.69. The zero-order chi connectivity index (χ0) is 15.8. The molecular weight excluding hydrogens is 330 g/mol. The van der Waals surface area contributed by atoms with E-state index in [1.165, 1.54) is 0 Å². The molecule has 1 aromatic heterocycles. The van der Waals surface area contributed by atoms with Gasteiger partial charge in [0.25, 0.3) is 0 Å². The van der Waals surface area contributed by atoms with E-state index in [1.54, 1.807) is 0 Å². The van der Waals surface area contributed by atoms with Crippen molar-refractivity contribution in [3.8, 4) is 5.88 Å². The van der Waals surface area contributed by atoms with E-state index in [-0.39, 0.29) is 6.10 Å². The first kappa shape index (κ1) is 17.7. The number of aryl methyl sites for hydroxylation is 1. The molecule has 21 heavy (non-hydrogen) atoms. The largest absolute Gasteiger partial charge is 0.474 e. The van der Waals surface area contributed by atoms with Gasteiger partial charge in [-0.1, -0.05) is 6.08 Å². The summed E-state index contributed by atoms with van der Waals surface area (Å²) in [5, 5.41) is 0. The van der Waals surface area contributed by atoms with Crippen molar-refractivity contribution in [1.82, 2.24) is 9.88 Å². The van der Waals surface area contributed by atoms with Crippen LogP contribution >= 0.6 is 15.9 Å². The quantitative estimate of drug-likeness (QED) is 0.392. The normalized spacial score (nSPS) is 12.4. The van der Waals surface area contributed by atoms with Crippen molar-refractivity contribution in [2.24, 2.45) is 4.99 Å². The zero-order valence-corrected chi connectivity index (χ0v) is 14.9. The molecule has 1 aromatic rings. The summed E-state index contributed by atoms with van der Waals surface area (Å²) < 4.78 is 6.69. The van der Waals surface area contributed by atoms with E-state index in [9.17, 15) is 0 Å². The Balaban J connectivity index is 2.84. The number of hydrogen-bond acceptors (Lipinski definition) is 3. The first-order valence-corrected chi connectivity index (χ1v) is 7.96. The van der Waals surface area contributed by atoms with E-state index in [0.29, 0.717) is 5.88 Å². The third kappa shape index (κ3) is 5.87. The van der Waals surface area contributed by atoms with Gasteiger partial charge in [0.1, 0.15) is 0 Å². The van der Waals surface area contributed by atoms with Gasteiger partial charge in [-0.3, -0.25) is 0 Å². The number of hydrogen-bond donors (Lipinski definition) is 0. The van der Waals surface area contributed by atoms with Crippen LogP contribution in [-0.2, 0) is 0 Å². The highest BCUT2D eigenvalue weighted by Gasteiger charge is 2.11. The van der Waals surface area contributed by atoms with Crippen molar-refractivity contribution in [2.75, 3.05) is 13.6 Å². The van der Waals surface area contributed by atoms with E-state index >= 15 is 0 Å². The third-order valence-corrected chi connectivity index (χ3v) is 3.66. The summed E-state index contributed by atoms with van der Waals surface area (Å²) in [6.07, 6.45) is 5.67. The molecule has 0 bridgehead atoms. The van der Waals surface area contributed by atoms with Crippen LogP contribution in [0.25, 0.3) is 0 Å². The molecule has 0 aliphatic heterocycles. The van der Waals surface area contributed by atoms with Crippen molar-refractivity contribution >= 4 is 28.0 Å². The molecule has 1 unspecified atom stereocenters. The molecule has 1 atom stereocenters. The number of aliphatic imine (C=N–C) groups is 1. The maximum atomic E-state index is 5.86. The standard InChI is InChI=1S/C16H24BrN3O/c1-6-8-9-12(3)21-16-14(17)10-15(13(4)19-16)18-11-20(5)7-2/h6,10-12H,1,7-9H2,2-5H3/b18-11+. The van der Waals surface area contributed by atoms with Gasteiger partial charge in [0.15, 0.2) is 0 Å². The number of nitrogens with zero attached hydrogens (tertiary/aromatic N) is 3. The monoisotopic (exact) mass is 353 g/mol. The summed E-state index contributed by atoms with van der Waals surface area (Å²) in [6.45, 7) is 10.7. The maximum absolute atomic E-state index is 5.86. The lowest BCUT2D eigenvalue weighted by molar-refractivity contribution is 0.202. The fourth-order valence-electron chi connectivity index (χ4n) is 1.61. The second-order valence-electron chi connectivity index (χ2n) is 4.99. The second kappa shape index (κ2) is 8.82. The van der Waals surface area contributed by atoms with Gasteiger partial charge in [0.2, 0.25) is 5.88 Å². The van der Waals surface area contributed by atoms with Crippen LogP contribution in [0.4, 0.5) is 5.69 Å². The Labute approximate surface area is 136 Å². The van der Waals surface area contributed by atoms with Crippen molar-refractivity contribution < 1.29 is 4.74 Å². The molecule has 0 saturated heterocycles. The molecule has 116 valence electrons. The van der Waals surface area contributed by atoms with E-state index in [2.05, 4.69) is 39.4 Å². The fraction of sp³-hybridized carbons (Fsp3) is 0.500. The molecule has 1 heterocycles. The Morgan fingerprint density at radius 1 is 1.57 bits per heavy atom. The highest BCUT2D eigenvalue weighted by molar-refractivity contribution is 9.10. The number of pyridine rings is 1. The van der Waals surface area contributed by atoms with Crippen molar-refractivity contribution in [3.63, 3.8) is 0 Å². The summed E-state index contributed by atoms with van der Waals surface area (Å²) in [7, 11) is 1.99. The molecule has 0 N–H and O–H groups in total. The number of aromatic nitrogens is 1. The summed E-state index contributed by atoms with van der Waals surface area (Å²) in [4.78, 5) is 11.0. The molecular formula is C16H24BrN3O. The SMILES string of the molecule is C=CCCC(C)Oc1nc(C)c(/N=C/N(C)CC)cc1Br. The highest BCUT2D eigenvalue weighted by atomic mass is 79.9. The van der Waals surface area contributed by atoms with Crippen LogP contribution in [0.15, 0.2) is 28.2 Å². The topological polar surface area (TPSA) is 37.7 Å². The van der Waals surface area contributed by atoms with Gasteiger partial charge in [-0.2, -0.15) is 0 Å². The Morgan fingerprint density at radius 3 is 2.90 bits per heavy atom. The van der Waals surface area contributed by atoms with Crippen LogP contribution in [-0.4, -0.2) is 35.9 Å². The number of ether oxygens (including phenoxy) is 1. The Bertz CT molecular complexity index is 503. The molecule has 0 saturated carbocycles. The summed E-state index contributed by atoms with van der Waals surface area (Å²) >= 11 is 3.51. The number of rotatable bonds is 8. The minimum absolute atomic E-state index is 0.103. The summed E-state index contributed by atoms with van der Waals surface area (Å²) in [6, 6.07) is 1.94. The van der Waals surface area contributed by atoms with E-state index < -0.39 is 0 Å². The minimum atomic E-state index is 0.103. The fourth-order valence-corrected chi connectivity index (χ4v) is 2.01. The molecule has 0 aliphatic rings. The van der Waals surface area contributed by atoms with Crippen LogP contribution in [0.3, 0.4) is 0 Å². The number of allylic oxidation sites excluding steroid dienone is 1. The van der Waals surface area contributed by atoms with Crippen LogP contribution < -0.4 is 4.74 Å². The maximum Gasteiger partial charge on any atom is 0.228 e. The van der Waals surface area contributed by atoms with Crippen LogP contribution in [0.2, 0.25) is 0 Å². The van der Waals surface area contributed by atoms with E-state index in [1.807, 2.05) is 44.3 Å². The molecule has 0 aliphatic carbocycles. The van der Waals surface area contributed by atoms with Crippen molar-refractivity contribution in [1.29, 1.82) is 0 Å². The molecule has 5 heteroatoms. The molecule has 0 aromatic carbocycles. The number of halogens is 1. The molecule has 0 fully saturated rings. The van der Waals surface area contributed by atoms with Crippen molar-refractivity contribution in [2.45, 2.75) is 39.7 Å². The Hall–Kier alpha value is -1.36. The van der Waals surface area contributed by atoms with Gasteiger partial charge in [-0.25, -0.2) is 9.98 Å². The van der Waals surface area contributed by atoms with Gasteiger partial charge in [0, 0.05) is 13.6 Å². The van der Waals surface area contributed by atoms with Gasteiger partial charge >= 0.3 is 0 Å². The average Bonchev–Trinajstić information content (AvgIpc) is 2.46. The second-order valence-corrected chi connectivity index (χ2v) is 5.85. The Morgan fingerprint density at radius 2 is 2.29 bits per heavy atom. The van der Waals surface area contributed by atoms with Gasteiger partial charge in [-0.05, 0) is 55.6 Å². The van der Waals surface area contributed by atoms with Crippen LogP contribution in [0.5, 0.6) is 5.88 Å². The molecule has 0 spiro atoms. The van der Waals surface area contributed by atoms with Gasteiger partial charge < -0.3 is 9.64 Å². The third-order valence-electron chi connectivity index (χ3n) is 3.09. The first-order chi connectivity index (χ1) is 9.97. The lowest BCUT2D eigenvalue weighted by atomic mass is 10.2. The van der Waals surface area contributed by atoms with Gasteiger partial charge in [0.05, 0.1) is 28.3 Å². The predicted molar refractivity (Wildman–Crippen MR) is 92.7 cm³/mol. The van der Waals surface area contributed by atoms with Crippen LogP contribution in [0.1, 0.15) is 32.4 Å². The van der Waals surface area contributed by atoms with Gasteiger partial charge in [-0.15, -0.1) is 6.58 Å². The smallest absolute Gasteiger partial charge is 0.228 e. The van der Waals surface area contributed by atoms with Crippen LogP contribution in [0, 0.1) is 6.92 Å². The Kier molecular flexibility index (Phi) is 7.43. The molecule has 1 rings (SSSR count). The minimum Gasteiger partial charge on any atom is -0.474 e. The zero-order valence-electron chi connectivity index (χ0n) is 13.3. The first-order valence-electron chi connectivity index (χ1n) is 7.17. The highest BCUT2D eigenvalue weighted by Crippen LogP contribution is 2.30. The summed E-state index contributed by atoms with van der Waals surface area (Å²) in [5.74, 6) is 0.617. The molecule has 4 nitrogen and oxygen atoms in total. The molecule has 0 radical (unpaired) electrons. The predicted octanol–water partition coefficient (Wildman–Crippen LogP) is 4.50. The van der Waals surface area contributed by atoms with Crippen molar-refractivity contribution in [3.05, 3.63) is 28.9 Å². The van der Waals surface area contributed by atoms with E-state index in [0.717, 1.165) is 35.2 Å². The molecule has 0 amide bonds. The van der Waals surface area contributed by atoms with E-state index in [4.69, 9.17) is 4.74 Å². The lowest BCUT2D eigenvalue weighted by Crippen LogP contribution is -2.14. The average molecular weight is 354 g/mol. The lowest BCUT2D eigenvalue weighted by Gasteiger charge is -2.15.